The van der Waals surface area contributed by atoms with Crippen LogP contribution in [0, 0.1) is 19.8 Å². The molecule has 148 valence electrons. The zero-order valence-electron chi connectivity index (χ0n) is 16.7. The zero-order valence-corrected chi connectivity index (χ0v) is 16.7. The van der Waals surface area contributed by atoms with Crippen LogP contribution in [0.5, 0.6) is 0 Å². The summed E-state index contributed by atoms with van der Waals surface area (Å²) in [5.74, 6) is -1.02. The number of esters is 1. The third-order valence-corrected chi connectivity index (χ3v) is 4.28. The predicted molar refractivity (Wildman–Crippen MR) is 108 cm³/mol. The van der Waals surface area contributed by atoms with Gasteiger partial charge >= 0.3 is 5.97 Å². The van der Waals surface area contributed by atoms with Crippen LogP contribution in [0.2, 0.25) is 0 Å². The molecule has 6 nitrogen and oxygen atoms in total. The Morgan fingerprint density at radius 1 is 0.964 bits per heavy atom. The Balaban J connectivity index is 1.99. The topological polar surface area (TPSA) is 84.5 Å². The van der Waals surface area contributed by atoms with E-state index >= 15 is 0 Å². The average Bonchev–Trinajstić information content (AvgIpc) is 2.66. The second kappa shape index (κ2) is 9.69. The van der Waals surface area contributed by atoms with Crippen molar-refractivity contribution >= 4 is 23.5 Å². The third-order valence-electron chi connectivity index (χ3n) is 4.28. The van der Waals surface area contributed by atoms with Gasteiger partial charge in [0.1, 0.15) is 0 Å². The van der Waals surface area contributed by atoms with E-state index in [9.17, 15) is 14.4 Å². The molecule has 0 aliphatic heterocycles. The van der Waals surface area contributed by atoms with Crippen LogP contribution in [0.25, 0.3) is 0 Å². The molecular formula is C22H26N2O4. The fraction of sp³-hybridized carbons (Fsp3) is 0.318. The zero-order chi connectivity index (χ0) is 20.7. The standard InChI is InChI=1S/C22H26N2O4/c1-14(2)12-23-21(26)18-9-5-6-11-19(18)24-20(25)13-28-22(27)17-10-7-8-15(3)16(17)4/h5-11,14H,12-13H2,1-4H3,(H,23,26)(H,24,25). The lowest BCUT2D eigenvalue weighted by atomic mass is 10.0. The van der Waals surface area contributed by atoms with Crippen molar-refractivity contribution < 1.29 is 19.1 Å². The van der Waals surface area contributed by atoms with E-state index in [1.807, 2.05) is 33.8 Å². The van der Waals surface area contributed by atoms with Crippen molar-refractivity contribution in [1.29, 1.82) is 0 Å². The molecule has 0 radical (unpaired) electrons. The summed E-state index contributed by atoms with van der Waals surface area (Å²) in [6, 6.07) is 12.0. The number of anilines is 1. The number of benzene rings is 2. The number of aryl methyl sites for hydroxylation is 1. The molecule has 6 heteroatoms. The van der Waals surface area contributed by atoms with Gasteiger partial charge in [-0.25, -0.2) is 4.79 Å². The number of hydrogen-bond acceptors (Lipinski definition) is 4. The number of carbonyl (C=O) groups excluding carboxylic acids is 3. The minimum atomic E-state index is -0.556. The third kappa shape index (κ3) is 5.67. The molecule has 2 aromatic rings. The van der Waals surface area contributed by atoms with Crippen LogP contribution in [0.15, 0.2) is 42.5 Å². The lowest BCUT2D eigenvalue weighted by Gasteiger charge is -2.13. The summed E-state index contributed by atoms with van der Waals surface area (Å²) in [5.41, 5.74) is 2.95. The highest BCUT2D eigenvalue weighted by Crippen LogP contribution is 2.16. The molecule has 2 amide bonds. The number of nitrogens with one attached hydrogen (secondary N) is 2. The van der Waals surface area contributed by atoms with Gasteiger partial charge in [0.2, 0.25) is 0 Å². The first-order valence-electron chi connectivity index (χ1n) is 9.20. The van der Waals surface area contributed by atoms with Gasteiger partial charge in [-0.1, -0.05) is 38.1 Å². The lowest BCUT2D eigenvalue weighted by Crippen LogP contribution is -2.29. The Hall–Kier alpha value is -3.15. The van der Waals surface area contributed by atoms with Gasteiger partial charge in [-0.05, 0) is 49.1 Å². The molecule has 0 fully saturated rings. The van der Waals surface area contributed by atoms with E-state index in [1.54, 1.807) is 36.4 Å². The van der Waals surface area contributed by atoms with Crippen LogP contribution in [-0.4, -0.2) is 30.9 Å². The van der Waals surface area contributed by atoms with E-state index in [0.29, 0.717) is 29.3 Å². The minimum Gasteiger partial charge on any atom is -0.452 e. The van der Waals surface area contributed by atoms with Gasteiger partial charge < -0.3 is 15.4 Å². The van der Waals surface area contributed by atoms with Gasteiger partial charge in [-0.2, -0.15) is 0 Å². The van der Waals surface area contributed by atoms with E-state index in [0.717, 1.165) is 11.1 Å². The molecule has 2 aromatic carbocycles. The van der Waals surface area contributed by atoms with Gasteiger partial charge in [0.05, 0.1) is 16.8 Å². The molecule has 0 saturated heterocycles. The van der Waals surface area contributed by atoms with Crippen LogP contribution >= 0.6 is 0 Å². The van der Waals surface area contributed by atoms with Crippen molar-refractivity contribution in [3.63, 3.8) is 0 Å². The van der Waals surface area contributed by atoms with Crippen molar-refractivity contribution in [2.24, 2.45) is 5.92 Å². The fourth-order valence-corrected chi connectivity index (χ4v) is 2.55. The summed E-state index contributed by atoms with van der Waals surface area (Å²) >= 11 is 0. The lowest BCUT2D eigenvalue weighted by molar-refractivity contribution is -0.119. The van der Waals surface area contributed by atoms with Crippen LogP contribution < -0.4 is 10.6 Å². The highest BCUT2D eigenvalue weighted by atomic mass is 16.5. The first-order chi connectivity index (χ1) is 13.3. The van der Waals surface area contributed by atoms with Crippen molar-refractivity contribution in [1.82, 2.24) is 5.32 Å². The smallest absolute Gasteiger partial charge is 0.338 e. The Morgan fingerprint density at radius 3 is 2.36 bits per heavy atom. The van der Waals surface area contributed by atoms with E-state index < -0.39 is 18.5 Å². The summed E-state index contributed by atoms with van der Waals surface area (Å²) in [4.78, 5) is 36.8. The number of para-hydroxylation sites is 1. The summed E-state index contributed by atoms with van der Waals surface area (Å²) in [7, 11) is 0. The molecule has 0 aliphatic carbocycles. The first kappa shape index (κ1) is 21.2. The molecule has 0 saturated carbocycles. The minimum absolute atomic E-state index is 0.267. The molecule has 0 heterocycles. The Labute approximate surface area is 165 Å². The summed E-state index contributed by atoms with van der Waals surface area (Å²) in [6.45, 7) is 7.83. The maximum Gasteiger partial charge on any atom is 0.338 e. The van der Waals surface area contributed by atoms with Gasteiger partial charge in [0.25, 0.3) is 11.8 Å². The van der Waals surface area contributed by atoms with Gasteiger partial charge in [-0.15, -0.1) is 0 Å². The summed E-state index contributed by atoms with van der Waals surface area (Å²) in [6.07, 6.45) is 0. The largest absolute Gasteiger partial charge is 0.452 e. The molecule has 0 bridgehead atoms. The Bertz CT molecular complexity index is 875. The molecule has 2 N–H and O–H groups in total. The van der Waals surface area contributed by atoms with Crippen LogP contribution in [0.4, 0.5) is 5.69 Å². The van der Waals surface area contributed by atoms with Gasteiger partial charge in [0, 0.05) is 6.54 Å². The van der Waals surface area contributed by atoms with Crippen LogP contribution in [-0.2, 0) is 9.53 Å². The monoisotopic (exact) mass is 382 g/mol. The van der Waals surface area contributed by atoms with E-state index in [2.05, 4.69) is 10.6 Å². The summed E-state index contributed by atoms with van der Waals surface area (Å²) in [5, 5.41) is 5.45. The number of hydrogen-bond donors (Lipinski definition) is 2. The molecule has 0 aliphatic rings. The second-order valence-corrected chi connectivity index (χ2v) is 7.02. The van der Waals surface area contributed by atoms with Gasteiger partial charge in [-0.3, -0.25) is 9.59 Å². The molecule has 0 spiro atoms. The van der Waals surface area contributed by atoms with Crippen molar-refractivity contribution in [2.45, 2.75) is 27.7 Å². The van der Waals surface area contributed by atoms with Crippen molar-refractivity contribution in [3.05, 3.63) is 64.7 Å². The second-order valence-electron chi connectivity index (χ2n) is 7.02. The Morgan fingerprint density at radius 2 is 1.64 bits per heavy atom. The molecule has 2 rings (SSSR count). The van der Waals surface area contributed by atoms with E-state index in [-0.39, 0.29) is 5.91 Å². The van der Waals surface area contributed by atoms with Crippen molar-refractivity contribution in [2.75, 3.05) is 18.5 Å². The van der Waals surface area contributed by atoms with Crippen molar-refractivity contribution in [3.8, 4) is 0 Å². The van der Waals surface area contributed by atoms with E-state index in [1.165, 1.54) is 0 Å². The highest BCUT2D eigenvalue weighted by Gasteiger charge is 2.16. The Kier molecular flexibility index (Phi) is 7.32. The van der Waals surface area contributed by atoms with E-state index in [4.69, 9.17) is 4.74 Å². The normalized spacial score (nSPS) is 10.5. The number of amides is 2. The molecule has 28 heavy (non-hydrogen) atoms. The number of carbonyl (C=O) groups is 3. The fourth-order valence-electron chi connectivity index (χ4n) is 2.55. The van der Waals surface area contributed by atoms with Crippen LogP contribution in [0.3, 0.4) is 0 Å². The highest BCUT2D eigenvalue weighted by molar-refractivity contribution is 6.04. The maximum absolute atomic E-state index is 12.3. The SMILES string of the molecule is Cc1cccc(C(=O)OCC(=O)Nc2ccccc2C(=O)NCC(C)C)c1C. The quantitative estimate of drug-likeness (QED) is 0.718. The summed E-state index contributed by atoms with van der Waals surface area (Å²) < 4.78 is 5.13. The maximum atomic E-state index is 12.3. The van der Waals surface area contributed by atoms with Gasteiger partial charge in [0.15, 0.2) is 6.61 Å². The molecule has 0 atom stereocenters. The van der Waals surface area contributed by atoms with Crippen LogP contribution in [0.1, 0.15) is 45.7 Å². The molecular weight excluding hydrogens is 356 g/mol. The number of rotatable bonds is 7. The predicted octanol–water partition coefficient (Wildman–Crippen LogP) is 3.48. The molecule has 0 aromatic heterocycles. The number of ether oxygens (including phenoxy) is 1. The first-order valence-corrected chi connectivity index (χ1v) is 9.20. The molecule has 0 unspecified atom stereocenters. The average molecular weight is 382 g/mol.